The van der Waals surface area contributed by atoms with Gasteiger partial charge in [-0.1, -0.05) is 30.3 Å². The van der Waals surface area contributed by atoms with Gasteiger partial charge in [-0.25, -0.2) is 0 Å². The third kappa shape index (κ3) is 2.59. The molecule has 0 aliphatic rings. The number of hydrogen-bond acceptors (Lipinski definition) is 3. The monoisotopic (exact) mass is 337 g/mol. The minimum atomic E-state index is 0.673. The molecule has 0 radical (unpaired) electrons. The van der Waals surface area contributed by atoms with Gasteiger partial charge in [-0.15, -0.1) is 0 Å². The Labute approximate surface area is 150 Å². The van der Waals surface area contributed by atoms with Crippen molar-refractivity contribution in [3.05, 3.63) is 91.4 Å². The van der Waals surface area contributed by atoms with Gasteiger partial charge in [0.25, 0.3) is 0 Å². The predicted molar refractivity (Wildman–Crippen MR) is 98.7 cm³/mol. The van der Waals surface area contributed by atoms with Crippen molar-refractivity contribution in [1.29, 1.82) is 0 Å². The molecule has 5 aromatic rings. The van der Waals surface area contributed by atoms with Gasteiger partial charge in [0, 0.05) is 35.6 Å². The van der Waals surface area contributed by atoms with Crippen LogP contribution >= 0.6 is 0 Å². The van der Waals surface area contributed by atoms with E-state index in [2.05, 4.69) is 40.6 Å². The third-order valence-corrected chi connectivity index (χ3v) is 4.35. The van der Waals surface area contributed by atoms with Crippen LogP contribution < -0.4 is 4.57 Å². The molecule has 0 amide bonds. The van der Waals surface area contributed by atoms with Gasteiger partial charge < -0.3 is 9.13 Å². The SMILES string of the molecule is [c-]1n(-c2ccc3ccc4cccnc4c3n2)cc[n+]1Cc1ccccn1. The number of nitrogens with zero attached hydrogens (tertiary/aromatic N) is 5. The molecule has 0 atom stereocenters. The minimum Gasteiger partial charge on any atom is -0.314 e. The molecule has 0 bridgehead atoms. The van der Waals surface area contributed by atoms with Crippen LogP contribution in [0.15, 0.2) is 79.4 Å². The quantitative estimate of drug-likeness (QED) is 0.289. The van der Waals surface area contributed by atoms with Crippen LogP contribution in [0.1, 0.15) is 5.69 Å². The average molecular weight is 337 g/mol. The van der Waals surface area contributed by atoms with E-state index in [0.29, 0.717) is 6.54 Å². The first-order valence-electron chi connectivity index (χ1n) is 8.42. The van der Waals surface area contributed by atoms with Crippen molar-refractivity contribution in [2.75, 3.05) is 0 Å². The number of imidazole rings is 1. The summed E-state index contributed by atoms with van der Waals surface area (Å²) in [6.45, 7) is 0.673. The van der Waals surface area contributed by atoms with Crippen molar-refractivity contribution in [2.45, 2.75) is 6.54 Å². The molecule has 0 aliphatic carbocycles. The summed E-state index contributed by atoms with van der Waals surface area (Å²) in [4.78, 5) is 13.7. The summed E-state index contributed by atoms with van der Waals surface area (Å²) in [5.41, 5.74) is 2.81. The molecule has 0 fully saturated rings. The topological polar surface area (TPSA) is 47.5 Å². The fourth-order valence-corrected chi connectivity index (χ4v) is 3.08. The molecule has 0 saturated heterocycles. The highest BCUT2D eigenvalue weighted by atomic mass is 15.2. The molecule has 0 spiro atoms. The molecule has 26 heavy (non-hydrogen) atoms. The molecule has 4 aromatic heterocycles. The number of benzene rings is 1. The van der Waals surface area contributed by atoms with Crippen molar-refractivity contribution in [3.8, 4) is 5.82 Å². The molecule has 5 rings (SSSR count). The highest BCUT2D eigenvalue weighted by Gasteiger charge is 2.07. The van der Waals surface area contributed by atoms with Crippen LogP contribution in [-0.2, 0) is 6.54 Å². The largest absolute Gasteiger partial charge is 0.314 e. The van der Waals surface area contributed by atoms with E-state index in [1.165, 1.54) is 0 Å². The number of fused-ring (bicyclic) bond motifs is 3. The average Bonchev–Trinajstić information content (AvgIpc) is 3.17. The fraction of sp³-hybridized carbons (Fsp3) is 0.0476. The number of pyridine rings is 3. The van der Waals surface area contributed by atoms with Gasteiger partial charge >= 0.3 is 0 Å². The van der Waals surface area contributed by atoms with Gasteiger partial charge in [-0.2, -0.15) is 0 Å². The molecular weight excluding hydrogens is 322 g/mol. The molecule has 0 aliphatic heterocycles. The Morgan fingerprint density at radius 2 is 1.69 bits per heavy atom. The Bertz CT molecular complexity index is 1210. The minimum absolute atomic E-state index is 0.673. The lowest BCUT2D eigenvalue weighted by Gasteiger charge is -2.06. The summed E-state index contributed by atoms with van der Waals surface area (Å²) in [5, 5.41) is 2.17. The third-order valence-electron chi connectivity index (χ3n) is 4.35. The van der Waals surface area contributed by atoms with Gasteiger partial charge in [-0.05, 0) is 24.3 Å². The summed E-state index contributed by atoms with van der Waals surface area (Å²) < 4.78 is 3.86. The van der Waals surface area contributed by atoms with E-state index in [0.717, 1.165) is 33.3 Å². The summed E-state index contributed by atoms with van der Waals surface area (Å²) >= 11 is 0. The Hall–Kier alpha value is -3.60. The van der Waals surface area contributed by atoms with Crippen LogP contribution in [0.25, 0.3) is 27.6 Å². The van der Waals surface area contributed by atoms with Gasteiger partial charge in [0.15, 0.2) is 0 Å². The molecule has 1 aromatic carbocycles. The predicted octanol–water partition coefficient (Wildman–Crippen LogP) is 3.10. The normalized spacial score (nSPS) is 11.2. The van der Waals surface area contributed by atoms with Crippen LogP contribution in [0.5, 0.6) is 0 Å². The van der Waals surface area contributed by atoms with Crippen LogP contribution in [0, 0.1) is 6.33 Å². The Morgan fingerprint density at radius 1 is 0.846 bits per heavy atom. The molecule has 5 nitrogen and oxygen atoms in total. The maximum atomic E-state index is 4.83. The highest BCUT2D eigenvalue weighted by Crippen LogP contribution is 2.22. The Morgan fingerprint density at radius 3 is 2.58 bits per heavy atom. The lowest BCUT2D eigenvalue weighted by atomic mass is 10.1. The zero-order valence-electron chi connectivity index (χ0n) is 13.9. The highest BCUT2D eigenvalue weighted by molar-refractivity contribution is 6.02. The van der Waals surface area contributed by atoms with E-state index in [4.69, 9.17) is 4.98 Å². The second-order valence-electron chi connectivity index (χ2n) is 6.10. The lowest BCUT2D eigenvalue weighted by molar-refractivity contribution is -0.692. The van der Waals surface area contributed by atoms with Crippen molar-refractivity contribution >= 4 is 21.8 Å². The van der Waals surface area contributed by atoms with E-state index in [9.17, 15) is 0 Å². The maximum absolute atomic E-state index is 4.83. The molecular formula is C21H15N5. The summed E-state index contributed by atoms with van der Waals surface area (Å²) in [6.07, 6.45) is 10.8. The first kappa shape index (κ1) is 14.7. The summed E-state index contributed by atoms with van der Waals surface area (Å²) in [7, 11) is 0. The smallest absolute Gasteiger partial charge is 0.244 e. The molecule has 124 valence electrons. The van der Waals surface area contributed by atoms with E-state index >= 15 is 0 Å². The van der Waals surface area contributed by atoms with Crippen molar-refractivity contribution < 1.29 is 4.57 Å². The van der Waals surface area contributed by atoms with Crippen LogP contribution in [0.4, 0.5) is 0 Å². The first-order valence-corrected chi connectivity index (χ1v) is 8.42. The second-order valence-corrected chi connectivity index (χ2v) is 6.10. The van der Waals surface area contributed by atoms with Crippen molar-refractivity contribution in [1.82, 2.24) is 19.5 Å². The van der Waals surface area contributed by atoms with Crippen LogP contribution in [0.2, 0.25) is 0 Å². The van der Waals surface area contributed by atoms with Gasteiger partial charge in [0.2, 0.25) is 6.33 Å². The Balaban J connectivity index is 1.56. The van der Waals surface area contributed by atoms with E-state index in [-0.39, 0.29) is 0 Å². The molecule has 4 heterocycles. The fourth-order valence-electron chi connectivity index (χ4n) is 3.08. The van der Waals surface area contributed by atoms with Crippen molar-refractivity contribution in [3.63, 3.8) is 0 Å². The molecule has 0 N–H and O–H groups in total. The van der Waals surface area contributed by atoms with Crippen LogP contribution in [0.3, 0.4) is 0 Å². The molecule has 5 heteroatoms. The first-order chi connectivity index (χ1) is 12.9. The lowest BCUT2D eigenvalue weighted by Crippen LogP contribution is -2.32. The number of hydrogen-bond donors (Lipinski definition) is 0. The van der Waals surface area contributed by atoms with Gasteiger partial charge in [-0.3, -0.25) is 15.0 Å². The van der Waals surface area contributed by atoms with Gasteiger partial charge in [0.1, 0.15) is 12.4 Å². The van der Waals surface area contributed by atoms with Gasteiger partial charge in [0.05, 0.1) is 16.7 Å². The van der Waals surface area contributed by atoms with E-state index in [1.807, 2.05) is 51.9 Å². The van der Waals surface area contributed by atoms with Crippen LogP contribution in [-0.4, -0.2) is 19.5 Å². The Kier molecular flexibility index (Phi) is 3.42. The van der Waals surface area contributed by atoms with E-state index in [1.54, 1.807) is 12.4 Å². The number of rotatable bonds is 3. The molecule has 0 unspecified atom stereocenters. The number of aromatic nitrogens is 5. The summed E-state index contributed by atoms with van der Waals surface area (Å²) in [5.74, 6) is 0.815. The van der Waals surface area contributed by atoms with E-state index < -0.39 is 0 Å². The van der Waals surface area contributed by atoms with Crippen molar-refractivity contribution in [2.24, 2.45) is 0 Å². The standard InChI is InChI=1S/C21H15N5/c1-2-10-22-18(5-1)14-25-12-13-26(15-25)19-9-8-17-7-6-16-4-3-11-23-20(16)21(17)24-19/h1-13H,14H2. The second kappa shape index (κ2) is 6.04. The summed E-state index contributed by atoms with van der Waals surface area (Å²) in [6, 6.07) is 18.1. The maximum Gasteiger partial charge on any atom is 0.244 e. The zero-order chi connectivity index (χ0) is 17.3. The zero-order valence-corrected chi connectivity index (χ0v) is 13.9. The molecule has 0 saturated carbocycles.